The van der Waals surface area contributed by atoms with Gasteiger partial charge >= 0.3 is 0 Å². The highest BCUT2D eigenvalue weighted by Crippen LogP contribution is 2.36. The molecule has 0 saturated carbocycles. The quantitative estimate of drug-likeness (QED) is 0.351. The lowest BCUT2D eigenvalue weighted by molar-refractivity contribution is 0.911. The molecule has 3 aromatic carbocycles. The molecule has 0 atom stereocenters. The summed E-state index contributed by atoms with van der Waals surface area (Å²) in [6, 6.07) is 29.4. The second-order valence-corrected chi connectivity index (χ2v) is 7.46. The molecule has 4 heteroatoms. The first kappa shape index (κ1) is 17.5. The van der Waals surface area contributed by atoms with Gasteiger partial charge in [0.1, 0.15) is 5.69 Å². The number of benzene rings is 3. The van der Waals surface area contributed by atoms with E-state index in [1.165, 1.54) is 10.8 Å². The fourth-order valence-electron chi connectivity index (χ4n) is 4.16. The molecule has 0 fully saturated rings. The summed E-state index contributed by atoms with van der Waals surface area (Å²) in [4.78, 5) is 8.31. The molecule has 0 radical (unpaired) electrons. The van der Waals surface area contributed by atoms with Crippen LogP contribution in [0.4, 0.5) is 0 Å². The summed E-state index contributed by atoms with van der Waals surface area (Å²) in [5.74, 6) is 0. The van der Waals surface area contributed by atoms with Gasteiger partial charge in [-0.3, -0.25) is 9.97 Å². The number of hydrogen-bond acceptors (Lipinski definition) is 3. The van der Waals surface area contributed by atoms with Crippen LogP contribution in [-0.4, -0.2) is 19.7 Å². The van der Waals surface area contributed by atoms with Crippen LogP contribution in [0.2, 0.25) is 0 Å². The highest BCUT2D eigenvalue weighted by Gasteiger charge is 2.16. The van der Waals surface area contributed by atoms with Crippen molar-refractivity contribution in [1.29, 1.82) is 0 Å². The molecule has 3 heterocycles. The predicted molar refractivity (Wildman–Crippen MR) is 125 cm³/mol. The third-order valence-electron chi connectivity index (χ3n) is 5.63. The first-order valence-corrected chi connectivity index (χ1v) is 10.2. The zero-order valence-corrected chi connectivity index (χ0v) is 16.7. The summed E-state index contributed by atoms with van der Waals surface area (Å²) in [5.41, 5.74) is 6.41. The Bertz CT molecular complexity index is 1520. The molecule has 0 N–H and O–H groups in total. The fourth-order valence-corrected chi connectivity index (χ4v) is 4.16. The van der Waals surface area contributed by atoms with Crippen LogP contribution in [-0.2, 0) is 0 Å². The minimum absolute atomic E-state index is 0.972. The van der Waals surface area contributed by atoms with Gasteiger partial charge in [-0.25, -0.2) is 4.68 Å². The van der Waals surface area contributed by atoms with E-state index in [0.717, 1.165) is 39.0 Å². The van der Waals surface area contributed by atoms with Crippen LogP contribution < -0.4 is 0 Å². The normalized spacial score (nSPS) is 11.2. The van der Waals surface area contributed by atoms with Gasteiger partial charge in [0, 0.05) is 35.7 Å². The molecule has 0 aliphatic heterocycles. The highest BCUT2D eigenvalue weighted by molar-refractivity contribution is 6.13. The Balaban J connectivity index is 1.66. The molecule has 6 rings (SSSR count). The van der Waals surface area contributed by atoms with Crippen molar-refractivity contribution < 1.29 is 0 Å². The van der Waals surface area contributed by atoms with Gasteiger partial charge in [0.25, 0.3) is 0 Å². The molecule has 3 aromatic heterocycles. The first-order valence-electron chi connectivity index (χ1n) is 10.2. The van der Waals surface area contributed by atoms with Gasteiger partial charge in [-0.05, 0) is 58.3 Å². The van der Waals surface area contributed by atoms with Crippen LogP contribution in [0.5, 0.6) is 0 Å². The van der Waals surface area contributed by atoms with Crippen LogP contribution in [0.1, 0.15) is 0 Å². The lowest BCUT2D eigenvalue weighted by Crippen LogP contribution is -1.96. The average Bonchev–Trinajstić information content (AvgIpc) is 3.26. The highest BCUT2D eigenvalue weighted by atomic mass is 15.3. The van der Waals surface area contributed by atoms with Crippen molar-refractivity contribution in [1.82, 2.24) is 19.7 Å². The maximum atomic E-state index is 5.09. The van der Waals surface area contributed by atoms with E-state index in [1.54, 1.807) is 12.4 Å². The van der Waals surface area contributed by atoms with E-state index in [0.29, 0.717) is 0 Å². The van der Waals surface area contributed by atoms with Crippen LogP contribution in [0.15, 0.2) is 110 Å². The van der Waals surface area contributed by atoms with Crippen molar-refractivity contribution in [2.45, 2.75) is 0 Å². The van der Waals surface area contributed by atoms with Gasteiger partial charge in [-0.2, -0.15) is 5.10 Å². The van der Waals surface area contributed by atoms with Crippen molar-refractivity contribution in [3.8, 4) is 28.1 Å². The minimum Gasteiger partial charge on any atom is -0.265 e. The Kier molecular flexibility index (Phi) is 4.06. The van der Waals surface area contributed by atoms with Crippen LogP contribution in [0.25, 0.3) is 49.7 Å². The van der Waals surface area contributed by atoms with Gasteiger partial charge in [-0.1, -0.05) is 48.5 Å². The molecule has 0 saturated heterocycles. The molecular formula is C27H18N4. The molecule has 0 aliphatic rings. The Morgan fingerprint density at radius 3 is 2.16 bits per heavy atom. The minimum atomic E-state index is 0.972. The molecular weight excluding hydrogens is 380 g/mol. The molecule has 4 nitrogen and oxygen atoms in total. The van der Waals surface area contributed by atoms with Crippen molar-refractivity contribution in [2.75, 3.05) is 0 Å². The Labute approximate surface area is 179 Å². The van der Waals surface area contributed by atoms with Crippen LogP contribution in [0, 0.1) is 0 Å². The molecule has 0 bridgehead atoms. The Morgan fingerprint density at radius 2 is 1.32 bits per heavy atom. The number of pyridine rings is 2. The molecule has 31 heavy (non-hydrogen) atoms. The summed E-state index contributed by atoms with van der Waals surface area (Å²) in [5, 5.41) is 8.65. The third kappa shape index (κ3) is 2.97. The summed E-state index contributed by atoms with van der Waals surface area (Å²) in [6.07, 6.45) is 7.24. The van der Waals surface area contributed by atoms with Gasteiger partial charge in [0.05, 0.1) is 11.2 Å². The van der Waals surface area contributed by atoms with Crippen molar-refractivity contribution in [2.24, 2.45) is 0 Å². The molecule has 0 aliphatic carbocycles. The maximum absolute atomic E-state index is 5.09. The summed E-state index contributed by atoms with van der Waals surface area (Å²) in [6.45, 7) is 0. The number of nitrogens with zero attached hydrogens (tertiary/aromatic N) is 4. The van der Waals surface area contributed by atoms with Crippen molar-refractivity contribution in [3.63, 3.8) is 0 Å². The zero-order chi connectivity index (χ0) is 20.6. The van der Waals surface area contributed by atoms with E-state index >= 15 is 0 Å². The zero-order valence-electron chi connectivity index (χ0n) is 16.7. The lowest BCUT2D eigenvalue weighted by atomic mass is 9.98. The number of hydrogen-bond donors (Lipinski definition) is 0. The maximum Gasteiger partial charge on any atom is 0.101 e. The number of rotatable bonds is 3. The van der Waals surface area contributed by atoms with Crippen molar-refractivity contribution in [3.05, 3.63) is 110 Å². The number of aromatic nitrogens is 4. The van der Waals surface area contributed by atoms with Gasteiger partial charge < -0.3 is 0 Å². The third-order valence-corrected chi connectivity index (χ3v) is 5.63. The molecule has 0 unspecified atom stereocenters. The predicted octanol–water partition coefficient (Wildman–Crippen LogP) is 6.30. The molecule has 0 spiro atoms. The topological polar surface area (TPSA) is 43.6 Å². The summed E-state index contributed by atoms with van der Waals surface area (Å²) in [7, 11) is 0. The van der Waals surface area contributed by atoms with Crippen LogP contribution in [0.3, 0.4) is 0 Å². The standard InChI is InChI=1S/C27H18N4/c1-2-7-24-20(4-1)8-9-25-26(24)27(30-31(25)23-12-16-29-17-13-23)22-6-3-5-21(18-22)19-10-14-28-15-11-19/h1-18H. The van der Waals surface area contributed by atoms with Gasteiger partial charge in [0.2, 0.25) is 0 Å². The molecule has 0 amide bonds. The van der Waals surface area contributed by atoms with Gasteiger partial charge in [-0.15, -0.1) is 0 Å². The molecule has 6 aromatic rings. The van der Waals surface area contributed by atoms with Crippen molar-refractivity contribution >= 4 is 21.7 Å². The second kappa shape index (κ2) is 7.18. The van der Waals surface area contributed by atoms with E-state index in [9.17, 15) is 0 Å². The Morgan fingerprint density at radius 1 is 0.581 bits per heavy atom. The van der Waals surface area contributed by atoms with E-state index < -0.39 is 0 Å². The van der Waals surface area contributed by atoms with E-state index in [4.69, 9.17) is 5.10 Å². The monoisotopic (exact) mass is 398 g/mol. The largest absolute Gasteiger partial charge is 0.265 e. The average molecular weight is 398 g/mol. The number of fused-ring (bicyclic) bond motifs is 3. The van der Waals surface area contributed by atoms with E-state index in [-0.39, 0.29) is 0 Å². The second-order valence-electron chi connectivity index (χ2n) is 7.46. The fraction of sp³-hybridized carbons (Fsp3) is 0. The van der Waals surface area contributed by atoms with E-state index in [2.05, 4.69) is 70.6 Å². The smallest absolute Gasteiger partial charge is 0.101 e. The molecule has 146 valence electrons. The Hall–Kier alpha value is -4.31. The lowest BCUT2D eigenvalue weighted by Gasteiger charge is -2.05. The van der Waals surface area contributed by atoms with E-state index in [1.807, 2.05) is 41.3 Å². The van der Waals surface area contributed by atoms with Crippen LogP contribution >= 0.6 is 0 Å². The summed E-state index contributed by atoms with van der Waals surface area (Å²) < 4.78 is 2.01. The summed E-state index contributed by atoms with van der Waals surface area (Å²) >= 11 is 0. The van der Waals surface area contributed by atoms with Gasteiger partial charge in [0.15, 0.2) is 0 Å². The SMILES string of the molecule is c1cc(-c2ccncc2)cc(-c2nn(-c3ccncc3)c3ccc4ccccc4c23)c1. The first-order chi connectivity index (χ1) is 15.4.